The normalized spacial score (nSPS) is 13.8. The molecule has 1 unspecified atom stereocenters. The van der Waals surface area contributed by atoms with E-state index in [0.29, 0.717) is 0 Å². The number of benzene rings is 1. The van der Waals surface area contributed by atoms with Gasteiger partial charge in [-0.25, -0.2) is 0 Å². The van der Waals surface area contributed by atoms with Gasteiger partial charge in [0.15, 0.2) is 0 Å². The Morgan fingerprint density at radius 1 is 1.05 bits per heavy atom. The van der Waals surface area contributed by atoms with Gasteiger partial charge in [0, 0.05) is 30.0 Å². The van der Waals surface area contributed by atoms with Gasteiger partial charge in [-0.15, -0.1) is 0 Å². The third kappa shape index (κ3) is 3.32. The second kappa shape index (κ2) is 6.34. The van der Waals surface area contributed by atoms with Crippen molar-refractivity contribution in [3.8, 4) is 5.75 Å². The smallest absolute Gasteiger partial charge is 0.123 e. The predicted octanol–water partition coefficient (Wildman–Crippen LogP) is 3.50. The van der Waals surface area contributed by atoms with Crippen LogP contribution >= 0.6 is 0 Å². The molecular weight excluding hydrogens is 236 g/mol. The molecule has 3 heteroatoms. The first-order chi connectivity index (χ1) is 9.22. The first-order valence-electron chi connectivity index (χ1n) is 6.51. The van der Waals surface area contributed by atoms with Crippen LogP contribution in [0.4, 0.5) is 0 Å². The molecule has 2 atom stereocenters. The highest BCUT2D eigenvalue weighted by atomic mass is 16.5. The Balaban J connectivity index is 2.11. The highest BCUT2D eigenvalue weighted by molar-refractivity contribution is 5.35. The van der Waals surface area contributed by atoms with Crippen LogP contribution in [0.15, 0.2) is 48.8 Å². The van der Waals surface area contributed by atoms with Gasteiger partial charge in [-0.2, -0.15) is 0 Å². The minimum absolute atomic E-state index is 0.214. The Morgan fingerprint density at radius 2 is 1.84 bits per heavy atom. The Labute approximate surface area is 114 Å². The van der Waals surface area contributed by atoms with Gasteiger partial charge in [-0.3, -0.25) is 4.98 Å². The van der Waals surface area contributed by atoms with Gasteiger partial charge in [-0.1, -0.05) is 24.3 Å². The van der Waals surface area contributed by atoms with Gasteiger partial charge in [0.1, 0.15) is 5.75 Å². The summed E-state index contributed by atoms with van der Waals surface area (Å²) in [5.74, 6) is 0.917. The summed E-state index contributed by atoms with van der Waals surface area (Å²) in [6, 6.07) is 12.6. The quantitative estimate of drug-likeness (QED) is 0.889. The van der Waals surface area contributed by atoms with E-state index >= 15 is 0 Å². The topological polar surface area (TPSA) is 34.1 Å². The van der Waals surface area contributed by atoms with Crippen LogP contribution in [0.2, 0.25) is 0 Å². The highest BCUT2D eigenvalue weighted by Gasteiger charge is 2.14. The summed E-state index contributed by atoms with van der Waals surface area (Å²) in [4.78, 5) is 4.15. The summed E-state index contributed by atoms with van der Waals surface area (Å²) in [7, 11) is 1.70. The number of nitrogens with zero attached hydrogens (tertiary/aromatic N) is 1. The fraction of sp³-hybridized carbons (Fsp3) is 0.312. The van der Waals surface area contributed by atoms with Crippen molar-refractivity contribution in [1.82, 2.24) is 10.3 Å². The molecule has 100 valence electrons. The van der Waals surface area contributed by atoms with Crippen molar-refractivity contribution in [2.45, 2.75) is 25.9 Å². The lowest BCUT2D eigenvalue weighted by Crippen LogP contribution is -2.23. The minimum atomic E-state index is 0.214. The molecule has 1 N–H and O–H groups in total. The third-order valence-corrected chi connectivity index (χ3v) is 3.29. The molecule has 3 nitrogen and oxygen atoms in total. The number of rotatable bonds is 5. The minimum Gasteiger partial charge on any atom is -0.496 e. The number of ether oxygens (including phenoxy) is 1. The van der Waals surface area contributed by atoms with Crippen molar-refractivity contribution in [2.75, 3.05) is 7.11 Å². The van der Waals surface area contributed by atoms with Crippen LogP contribution < -0.4 is 10.1 Å². The van der Waals surface area contributed by atoms with Gasteiger partial charge in [0.2, 0.25) is 0 Å². The Kier molecular flexibility index (Phi) is 4.53. The van der Waals surface area contributed by atoms with E-state index in [9.17, 15) is 0 Å². The molecule has 0 spiro atoms. The summed E-state index contributed by atoms with van der Waals surface area (Å²) >= 11 is 0. The molecule has 0 saturated carbocycles. The molecule has 0 radical (unpaired) electrons. The van der Waals surface area contributed by atoms with E-state index in [2.05, 4.69) is 36.3 Å². The maximum Gasteiger partial charge on any atom is 0.123 e. The zero-order valence-corrected chi connectivity index (χ0v) is 11.6. The van der Waals surface area contributed by atoms with Crippen LogP contribution in [0.5, 0.6) is 5.75 Å². The fourth-order valence-electron chi connectivity index (χ4n) is 2.22. The van der Waals surface area contributed by atoms with Gasteiger partial charge in [0.25, 0.3) is 0 Å². The first-order valence-corrected chi connectivity index (χ1v) is 6.51. The maximum absolute atomic E-state index is 5.40. The summed E-state index contributed by atoms with van der Waals surface area (Å²) in [6.07, 6.45) is 3.69. The van der Waals surface area contributed by atoms with Crippen molar-refractivity contribution < 1.29 is 4.74 Å². The first kappa shape index (κ1) is 13.6. The molecule has 0 saturated heterocycles. The van der Waals surface area contributed by atoms with Crippen molar-refractivity contribution >= 4 is 0 Å². The number of nitrogens with one attached hydrogen (secondary N) is 1. The number of aromatic nitrogens is 1. The molecule has 0 aliphatic carbocycles. The maximum atomic E-state index is 5.40. The molecule has 0 fully saturated rings. The van der Waals surface area contributed by atoms with Crippen LogP contribution in [0, 0.1) is 0 Å². The fourth-order valence-corrected chi connectivity index (χ4v) is 2.22. The lowest BCUT2D eigenvalue weighted by Gasteiger charge is -2.22. The van der Waals surface area contributed by atoms with E-state index < -0.39 is 0 Å². The van der Waals surface area contributed by atoms with Crippen LogP contribution in [-0.4, -0.2) is 12.1 Å². The summed E-state index contributed by atoms with van der Waals surface area (Å²) in [5.41, 5.74) is 2.35. The molecule has 0 aliphatic rings. The van der Waals surface area contributed by atoms with Gasteiger partial charge in [0.05, 0.1) is 7.11 Å². The highest BCUT2D eigenvalue weighted by Crippen LogP contribution is 2.26. The molecule has 0 amide bonds. The average molecular weight is 256 g/mol. The Bertz CT molecular complexity index is 513. The van der Waals surface area contributed by atoms with E-state index in [-0.39, 0.29) is 12.1 Å². The van der Waals surface area contributed by atoms with Crippen LogP contribution in [0.25, 0.3) is 0 Å². The Morgan fingerprint density at radius 3 is 2.53 bits per heavy atom. The number of pyridine rings is 1. The molecular formula is C16H20N2O. The summed E-state index contributed by atoms with van der Waals surface area (Å²) in [6.45, 7) is 4.29. The zero-order valence-electron chi connectivity index (χ0n) is 11.6. The van der Waals surface area contributed by atoms with Gasteiger partial charge >= 0.3 is 0 Å². The molecule has 2 rings (SSSR count). The van der Waals surface area contributed by atoms with E-state index in [4.69, 9.17) is 4.74 Å². The summed E-state index contributed by atoms with van der Waals surface area (Å²) in [5, 5.41) is 3.57. The molecule has 1 aromatic heterocycles. The number of hydrogen-bond donors (Lipinski definition) is 1. The van der Waals surface area contributed by atoms with Crippen molar-refractivity contribution in [3.05, 3.63) is 59.9 Å². The second-order valence-corrected chi connectivity index (χ2v) is 4.64. The van der Waals surface area contributed by atoms with Crippen molar-refractivity contribution in [3.63, 3.8) is 0 Å². The zero-order chi connectivity index (χ0) is 13.7. The number of para-hydroxylation sites is 1. The molecule has 19 heavy (non-hydrogen) atoms. The number of methoxy groups -OCH3 is 1. The molecule has 0 aliphatic heterocycles. The van der Waals surface area contributed by atoms with Crippen LogP contribution in [0.3, 0.4) is 0 Å². The van der Waals surface area contributed by atoms with E-state index in [1.807, 2.05) is 30.5 Å². The number of hydrogen-bond acceptors (Lipinski definition) is 3. The van der Waals surface area contributed by atoms with Gasteiger partial charge in [-0.05, 0) is 31.5 Å². The van der Waals surface area contributed by atoms with Gasteiger partial charge < -0.3 is 10.1 Å². The monoisotopic (exact) mass is 256 g/mol. The average Bonchev–Trinajstić information content (AvgIpc) is 2.48. The lowest BCUT2D eigenvalue weighted by molar-refractivity contribution is 0.396. The van der Waals surface area contributed by atoms with E-state index in [1.165, 1.54) is 11.1 Å². The van der Waals surface area contributed by atoms with Crippen LogP contribution in [-0.2, 0) is 0 Å². The SMILES string of the molecule is COc1ccccc1C(C)N[C@H](C)c1cccnc1. The third-order valence-electron chi connectivity index (χ3n) is 3.29. The molecule has 1 aromatic carbocycles. The van der Waals surface area contributed by atoms with Crippen molar-refractivity contribution in [2.24, 2.45) is 0 Å². The van der Waals surface area contributed by atoms with Crippen LogP contribution in [0.1, 0.15) is 37.1 Å². The largest absolute Gasteiger partial charge is 0.496 e. The molecule has 0 bridgehead atoms. The standard InChI is InChI=1S/C16H20N2O/c1-12(14-7-6-10-17-11-14)18-13(2)15-8-4-5-9-16(15)19-3/h4-13,18H,1-3H3/t12-,13?/m1/s1. The lowest BCUT2D eigenvalue weighted by atomic mass is 10.0. The molecule has 2 aromatic rings. The predicted molar refractivity (Wildman–Crippen MR) is 77.2 cm³/mol. The van der Waals surface area contributed by atoms with Crippen molar-refractivity contribution in [1.29, 1.82) is 0 Å². The molecule has 1 heterocycles. The Hall–Kier alpha value is -1.87. The second-order valence-electron chi connectivity index (χ2n) is 4.64. The van der Waals surface area contributed by atoms with E-state index in [1.54, 1.807) is 13.3 Å². The summed E-state index contributed by atoms with van der Waals surface area (Å²) < 4.78 is 5.40. The van der Waals surface area contributed by atoms with E-state index in [0.717, 1.165) is 5.75 Å².